The quantitative estimate of drug-likeness (QED) is 0.934. The summed E-state index contributed by atoms with van der Waals surface area (Å²) in [6.45, 7) is 1.55. The summed E-state index contributed by atoms with van der Waals surface area (Å²) in [6.07, 6.45) is 0.388. The Balaban J connectivity index is 2.19. The van der Waals surface area contributed by atoms with E-state index < -0.39 is 12.0 Å². The zero-order valence-corrected chi connectivity index (χ0v) is 11.3. The Hall–Kier alpha value is -2.52. The van der Waals surface area contributed by atoms with E-state index in [2.05, 4.69) is 5.10 Å². The lowest BCUT2D eigenvalue weighted by Crippen LogP contribution is -2.31. The van der Waals surface area contributed by atoms with Crippen LogP contribution in [0.15, 0.2) is 30.5 Å². The Morgan fingerprint density at radius 1 is 1.55 bits per heavy atom. The van der Waals surface area contributed by atoms with Gasteiger partial charge in [0.05, 0.1) is 11.2 Å². The molecule has 1 heterocycles. The predicted octanol–water partition coefficient (Wildman–Crippen LogP) is 2.10. The summed E-state index contributed by atoms with van der Waals surface area (Å²) < 4.78 is 6.42. The van der Waals surface area contributed by atoms with Gasteiger partial charge in [0.25, 0.3) is 5.91 Å². The van der Waals surface area contributed by atoms with Gasteiger partial charge >= 0.3 is 0 Å². The molecule has 2 N–H and O–H groups in total. The summed E-state index contributed by atoms with van der Waals surface area (Å²) in [7, 11) is 0. The molecule has 2 aromatic rings. The largest absolute Gasteiger partial charge is 0.479 e. The van der Waals surface area contributed by atoms with Crippen molar-refractivity contribution in [2.75, 3.05) is 5.73 Å². The molecule has 6 nitrogen and oxygen atoms in total. The number of hydrogen-bond donors (Lipinski definition) is 1. The Morgan fingerprint density at radius 2 is 2.25 bits per heavy atom. The number of nitrogens with zero attached hydrogens (tertiary/aromatic N) is 3. The summed E-state index contributed by atoms with van der Waals surface area (Å²) in [5.41, 5.74) is 5.79. The molecule has 20 heavy (non-hydrogen) atoms. The fourth-order valence-corrected chi connectivity index (χ4v) is 1.75. The summed E-state index contributed by atoms with van der Waals surface area (Å²) in [5.74, 6) is -0.0997. The normalized spacial score (nSPS) is 11.7. The molecule has 1 aromatic heterocycles. The van der Waals surface area contributed by atoms with Gasteiger partial charge in [0.15, 0.2) is 6.10 Å². The van der Waals surface area contributed by atoms with E-state index in [4.69, 9.17) is 27.3 Å². The highest BCUT2D eigenvalue weighted by atomic mass is 35.5. The van der Waals surface area contributed by atoms with E-state index in [0.29, 0.717) is 10.8 Å². The Morgan fingerprint density at radius 3 is 2.85 bits per heavy atom. The van der Waals surface area contributed by atoms with E-state index in [1.54, 1.807) is 31.2 Å². The number of aromatic nitrogens is 2. The molecule has 0 aliphatic rings. The maximum atomic E-state index is 12.2. The first kappa shape index (κ1) is 13.9. The van der Waals surface area contributed by atoms with Gasteiger partial charge in [0.1, 0.15) is 23.2 Å². The van der Waals surface area contributed by atoms with E-state index in [1.165, 1.54) is 6.20 Å². The molecule has 0 aliphatic carbocycles. The number of nitriles is 1. The van der Waals surface area contributed by atoms with Gasteiger partial charge in [-0.25, -0.2) is 0 Å². The van der Waals surface area contributed by atoms with Gasteiger partial charge in [-0.15, -0.1) is 0 Å². The first-order valence-corrected chi connectivity index (χ1v) is 6.11. The summed E-state index contributed by atoms with van der Waals surface area (Å²) >= 11 is 5.95. The molecule has 0 aliphatic heterocycles. The van der Waals surface area contributed by atoms with Crippen LogP contribution in [0.3, 0.4) is 0 Å². The lowest BCUT2D eigenvalue weighted by atomic mass is 10.3. The second-order valence-corrected chi connectivity index (χ2v) is 4.40. The minimum Gasteiger partial charge on any atom is -0.479 e. The standard InChI is InChI=1S/C13H11ClN4O2/c1-8(20-11-5-3-2-4-10(11)14)13(19)18-12(16)9(6-15)7-17-18/h2-5,7-8H,16H2,1H3/t8-/m1/s1. The number of nitrogen functional groups attached to an aromatic ring is 1. The topological polar surface area (TPSA) is 93.9 Å². The SMILES string of the molecule is C[C@@H](Oc1ccccc1Cl)C(=O)n1ncc(C#N)c1N. The number of nitrogens with two attached hydrogens (primary N) is 1. The summed E-state index contributed by atoms with van der Waals surface area (Å²) in [5, 5.41) is 13.0. The van der Waals surface area contributed by atoms with Crippen LogP contribution in [0.1, 0.15) is 17.3 Å². The number of carbonyl (C=O) groups is 1. The van der Waals surface area contributed by atoms with Crippen molar-refractivity contribution in [2.24, 2.45) is 0 Å². The van der Waals surface area contributed by atoms with Gasteiger partial charge in [-0.3, -0.25) is 4.79 Å². The van der Waals surface area contributed by atoms with Crippen LogP contribution in [0.2, 0.25) is 5.02 Å². The predicted molar refractivity (Wildman–Crippen MR) is 73.5 cm³/mol. The smallest absolute Gasteiger partial charge is 0.289 e. The van der Waals surface area contributed by atoms with Crippen LogP contribution in [0.5, 0.6) is 5.75 Å². The van der Waals surface area contributed by atoms with Gasteiger partial charge in [-0.1, -0.05) is 23.7 Å². The molecule has 0 saturated heterocycles. The van der Waals surface area contributed by atoms with E-state index in [-0.39, 0.29) is 11.4 Å². The molecule has 0 fully saturated rings. The van der Waals surface area contributed by atoms with E-state index in [1.807, 2.05) is 6.07 Å². The summed E-state index contributed by atoms with van der Waals surface area (Å²) in [6, 6.07) is 8.66. The number of benzene rings is 1. The highest BCUT2D eigenvalue weighted by Gasteiger charge is 2.22. The van der Waals surface area contributed by atoms with Crippen LogP contribution in [0.25, 0.3) is 0 Å². The molecule has 0 saturated carbocycles. The third-order valence-electron chi connectivity index (χ3n) is 2.62. The Kier molecular flexibility index (Phi) is 3.91. The van der Waals surface area contributed by atoms with Crippen molar-refractivity contribution in [3.8, 4) is 11.8 Å². The van der Waals surface area contributed by atoms with Crippen LogP contribution < -0.4 is 10.5 Å². The average molecular weight is 291 g/mol. The zero-order chi connectivity index (χ0) is 14.7. The molecule has 1 atom stereocenters. The average Bonchev–Trinajstić information content (AvgIpc) is 2.81. The highest BCUT2D eigenvalue weighted by Crippen LogP contribution is 2.24. The van der Waals surface area contributed by atoms with Crippen LogP contribution in [0, 0.1) is 11.3 Å². The van der Waals surface area contributed by atoms with E-state index >= 15 is 0 Å². The third-order valence-corrected chi connectivity index (χ3v) is 2.94. The van der Waals surface area contributed by atoms with Crippen LogP contribution in [-0.2, 0) is 0 Å². The van der Waals surface area contributed by atoms with Crippen molar-refractivity contribution < 1.29 is 9.53 Å². The van der Waals surface area contributed by atoms with Crippen molar-refractivity contribution in [2.45, 2.75) is 13.0 Å². The minimum atomic E-state index is -0.844. The van der Waals surface area contributed by atoms with Gasteiger partial charge in [0.2, 0.25) is 0 Å². The number of carbonyl (C=O) groups excluding carboxylic acids is 1. The summed E-state index contributed by atoms with van der Waals surface area (Å²) in [4.78, 5) is 12.2. The van der Waals surface area contributed by atoms with E-state index in [0.717, 1.165) is 4.68 Å². The highest BCUT2D eigenvalue weighted by molar-refractivity contribution is 6.32. The van der Waals surface area contributed by atoms with E-state index in [9.17, 15) is 4.79 Å². The van der Waals surface area contributed by atoms with Crippen molar-refractivity contribution in [3.05, 3.63) is 41.0 Å². The van der Waals surface area contributed by atoms with Crippen LogP contribution >= 0.6 is 11.6 Å². The fraction of sp³-hybridized carbons (Fsp3) is 0.154. The molecule has 0 amide bonds. The Labute approximate surface area is 120 Å². The molecule has 0 radical (unpaired) electrons. The fourth-order valence-electron chi connectivity index (χ4n) is 1.57. The van der Waals surface area contributed by atoms with Crippen molar-refractivity contribution in [3.63, 3.8) is 0 Å². The van der Waals surface area contributed by atoms with Gasteiger partial charge in [0, 0.05) is 0 Å². The first-order valence-electron chi connectivity index (χ1n) is 5.73. The van der Waals surface area contributed by atoms with Crippen molar-refractivity contribution in [1.29, 1.82) is 5.26 Å². The molecular weight excluding hydrogens is 280 g/mol. The monoisotopic (exact) mass is 290 g/mol. The maximum Gasteiger partial charge on any atom is 0.289 e. The zero-order valence-electron chi connectivity index (χ0n) is 10.6. The number of hydrogen-bond acceptors (Lipinski definition) is 5. The second kappa shape index (κ2) is 5.63. The number of para-hydroxylation sites is 1. The number of anilines is 1. The number of halogens is 1. The molecular formula is C13H11ClN4O2. The first-order chi connectivity index (χ1) is 9.54. The van der Waals surface area contributed by atoms with Crippen molar-refractivity contribution in [1.82, 2.24) is 9.78 Å². The molecule has 0 bridgehead atoms. The van der Waals surface area contributed by atoms with Gasteiger partial charge in [-0.2, -0.15) is 15.0 Å². The number of ether oxygens (including phenoxy) is 1. The Bertz CT molecular complexity index is 690. The molecule has 2 rings (SSSR count). The molecule has 102 valence electrons. The molecule has 1 aromatic carbocycles. The van der Waals surface area contributed by atoms with Gasteiger partial charge in [-0.05, 0) is 19.1 Å². The van der Waals surface area contributed by atoms with Crippen LogP contribution in [0.4, 0.5) is 5.82 Å². The molecule has 0 unspecified atom stereocenters. The molecule has 0 spiro atoms. The van der Waals surface area contributed by atoms with Gasteiger partial charge < -0.3 is 10.5 Å². The van der Waals surface area contributed by atoms with Crippen molar-refractivity contribution >= 4 is 23.3 Å². The lowest BCUT2D eigenvalue weighted by molar-refractivity contribution is 0.0714. The molecule has 7 heteroatoms. The minimum absolute atomic E-state index is 0.00731. The second-order valence-electron chi connectivity index (χ2n) is 4.00. The van der Waals surface area contributed by atoms with Crippen LogP contribution in [-0.4, -0.2) is 21.8 Å². The lowest BCUT2D eigenvalue weighted by Gasteiger charge is -2.14. The number of rotatable bonds is 3. The maximum absolute atomic E-state index is 12.2. The third kappa shape index (κ3) is 2.58.